The van der Waals surface area contributed by atoms with Crippen LogP contribution in [0.3, 0.4) is 0 Å². The van der Waals surface area contributed by atoms with E-state index in [0.717, 1.165) is 4.47 Å². The second kappa shape index (κ2) is 9.41. The van der Waals surface area contributed by atoms with Crippen LogP contribution >= 0.6 is 15.9 Å². The van der Waals surface area contributed by atoms with Crippen LogP contribution in [-0.4, -0.2) is 55.1 Å². The first kappa shape index (κ1) is 19.2. The molecule has 1 aromatic carbocycles. The zero-order valence-corrected chi connectivity index (χ0v) is 15.7. The molecular formula is C17H22BrN3O4. The molecule has 7 nitrogen and oxygen atoms in total. The summed E-state index contributed by atoms with van der Waals surface area (Å²) in [6.07, 6.45) is 1.03. The number of hydrogen-bond donors (Lipinski definition) is 2. The van der Waals surface area contributed by atoms with Crippen molar-refractivity contribution in [2.75, 3.05) is 26.2 Å². The first-order valence-corrected chi connectivity index (χ1v) is 9.03. The first-order chi connectivity index (χ1) is 12.0. The van der Waals surface area contributed by atoms with Gasteiger partial charge in [0.05, 0.1) is 13.2 Å². The molecule has 0 aromatic heterocycles. The van der Waals surface area contributed by atoms with Gasteiger partial charge in [-0.3, -0.25) is 9.59 Å². The largest absolute Gasteiger partial charge is 0.450 e. The van der Waals surface area contributed by atoms with Crippen LogP contribution in [0, 0.1) is 0 Å². The Hall–Kier alpha value is -2.09. The van der Waals surface area contributed by atoms with Gasteiger partial charge in [-0.15, -0.1) is 0 Å². The van der Waals surface area contributed by atoms with Crippen molar-refractivity contribution in [1.82, 2.24) is 15.5 Å². The number of likely N-dealkylation sites (tertiary alicyclic amines) is 1. The summed E-state index contributed by atoms with van der Waals surface area (Å²) in [6, 6.07) is 6.96. The van der Waals surface area contributed by atoms with Crippen molar-refractivity contribution >= 4 is 33.8 Å². The summed E-state index contributed by atoms with van der Waals surface area (Å²) in [4.78, 5) is 37.3. The van der Waals surface area contributed by atoms with Crippen molar-refractivity contribution in [1.29, 1.82) is 0 Å². The number of amides is 3. The van der Waals surface area contributed by atoms with Crippen LogP contribution in [0.1, 0.15) is 30.1 Å². The van der Waals surface area contributed by atoms with Gasteiger partial charge in [0, 0.05) is 29.2 Å². The van der Waals surface area contributed by atoms with Gasteiger partial charge in [-0.05, 0) is 38.0 Å². The number of hydrogen-bond acceptors (Lipinski definition) is 4. The second-order valence-electron chi connectivity index (χ2n) is 5.72. The van der Waals surface area contributed by atoms with E-state index in [1.165, 1.54) is 0 Å². The summed E-state index contributed by atoms with van der Waals surface area (Å²) in [5, 5.41) is 5.49. The van der Waals surface area contributed by atoms with E-state index in [1.807, 2.05) is 6.07 Å². The minimum atomic E-state index is -0.312. The van der Waals surface area contributed by atoms with Crippen LogP contribution < -0.4 is 10.6 Å². The molecule has 0 bridgehead atoms. The summed E-state index contributed by atoms with van der Waals surface area (Å²) >= 11 is 3.30. The highest BCUT2D eigenvalue weighted by Crippen LogP contribution is 2.12. The molecule has 0 aliphatic carbocycles. The van der Waals surface area contributed by atoms with Gasteiger partial charge in [0.1, 0.15) is 0 Å². The maximum absolute atomic E-state index is 12.0. The van der Waals surface area contributed by atoms with Gasteiger partial charge in [-0.2, -0.15) is 0 Å². The van der Waals surface area contributed by atoms with E-state index < -0.39 is 0 Å². The molecule has 2 rings (SSSR count). The van der Waals surface area contributed by atoms with Crippen LogP contribution in [0.15, 0.2) is 28.7 Å². The van der Waals surface area contributed by atoms with Gasteiger partial charge < -0.3 is 20.3 Å². The van der Waals surface area contributed by atoms with Crippen molar-refractivity contribution in [3.63, 3.8) is 0 Å². The van der Waals surface area contributed by atoms with E-state index in [2.05, 4.69) is 26.6 Å². The van der Waals surface area contributed by atoms with E-state index in [-0.39, 0.29) is 30.5 Å². The fourth-order valence-corrected chi connectivity index (χ4v) is 2.99. The summed E-state index contributed by atoms with van der Waals surface area (Å²) in [7, 11) is 0. The molecule has 2 N–H and O–H groups in total. The van der Waals surface area contributed by atoms with Crippen molar-refractivity contribution < 1.29 is 19.1 Å². The van der Waals surface area contributed by atoms with Crippen LogP contribution in [0.4, 0.5) is 4.79 Å². The average Bonchev–Trinajstić information content (AvgIpc) is 2.60. The monoisotopic (exact) mass is 411 g/mol. The molecule has 1 fully saturated rings. The van der Waals surface area contributed by atoms with Crippen LogP contribution in [0.2, 0.25) is 0 Å². The van der Waals surface area contributed by atoms with Gasteiger partial charge in [0.2, 0.25) is 5.91 Å². The Kier molecular flexibility index (Phi) is 7.24. The zero-order valence-electron chi connectivity index (χ0n) is 14.1. The Morgan fingerprint density at radius 3 is 2.64 bits per heavy atom. The molecule has 0 unspecified atom stereocenters. The van der Waals surface area contributed by atoms with E-state index >= 15 is 0 Å². The van der Waals surface area contributed by atoms with Gasteiger partial charge in [0.25, 0.3) is 5.91 Å². The maximum atomic E-state index is 12.0. The molecule has 1 aliphatic heterocycles. The fraction of sp³-hybridized carbons (Fsp3) is 0.471. The van der Waals surface area contributed by atoms with Crippen molar-refractivity contribution in [3.05, 3.63) is 34.3 Å². The molecule has 8 heteroatoms. The maximum Gasteiger partial charge on any atom is 0.409 e. The molecule has 1 heterocycles. The third-order valence-electron chi connectivity index (χ3n) is 3.88. The number of halogens is 1. The van der Waals surface area contributed by atoms with Crippen LogP contribution in [-0.2, 0) is 9.53 Å². The molecular weight excluding hydrogens is 390 g/mol. The Labute approximate surface area is 155 Å². The molecule has 0 saturated carbocycles. The van der Waals surface area contributed by atoms with Crippen molar-refractivity contribution in [3.8, 4) is 0 Å². The van der Waals surface area contributed by atoms with E-state index in [4.69, 9.17) is 4.74 Å². The highest BCUT2D eigenvalue weighted by atomic mass is 79.9. The quantitative estimate of drug-likeness (QED) is 0.774. The topological polar surface area (TPSA) is 87.7 Å². The Morgan fingerprint density at radius 1 is 1.28 bits per heavy atom. The SMILES string of the molecule is CCOC(=O)N1CCC(NC(=O)CNC(=O)c2cccc(Br)c2)CC1. The number of rotatable bonds is 5. The summed E-state index contributed by atoms with van der Waals surface area (Å²) in [5.74, 6) is -0.536. The van der Waals surface area contributed by atoms with Gasteiger partial charge in [0.15, 0.2) is 0 Å². The van der Waals surface area contributed by atoms with E-state index in [1.54, 1.807) is 30.0 Å². The van der Waals surface area contributed by atoms with Crippen LogP contribution in [0.25, 0.3) is 0 Å². The number of piperidine rings is 1. The molecule has 1 aromatic rings. The highest BCUT2D eigenvalue weighted by molar-refractivity contribution is 9.10. The summed E-state index contributed by atoms with van der Waals surface area (Å²) in [6.45, 7) is 3.15. The third-order valence-corrected chi connectivity index (χ3v) is 4.38. The fourth-order valence-electron chi connectivity index (χ4n) is 2.59. The molecule has 0 atom stereocenters. The minimum absolute atomic E-state index is 0.000878. The molecule has 136 valence electrons. The molecule has 1 aliphatic rings. The van der Waals surface area contributed by atoms with Crippen molar-refractivity contribution in [2.45, 2.75) is 25.8 Å². The smallest absolute Gasteiger partial charge is 0.409 e. The predicted molar refractivity (Wildman–Crippen MR) is 96.2 cm³/mol. The lowest BCUT2D eigenvalue weighted by atomic mass is 10.1. The molecule has 0 radical (unpaired) electrons. The lowest BCUT2D eigenvalue weighted by Gasteiger charge is -2.31. The number of carbonyl (C=O) groups excluding carboxylic acids is 3. The number of benzene rings is 1. The molecule has 0 spiro atoms. The predicted octanol–water partition coefficient (Wildman–Crippen LogP) is 1.92. The summed E-state index contributed by atoms with van der Waals surface area (Å²) in [5.41, 5.74) is 0.491. The lowest BCUT2D eigenvalue weighted by Crippen LogP contribution is -2.48. The third kappa shape index (κ3) is 6.04. The van der Waals surface area contributed by atoms with Gasteiger partial charge in [-0.25, -0.2) is 4.79 Å². The Balaban J connectivity index is 1.71. The lowest BCUT2D eigenvalue weighted by molar-refractivity contribution is -0.121. The Bertz CT molecular complexity index is 630. The standard InChI is InChI=1S/C17H22BrN3O4/c1-2-25-17(24)21-8-6-14(7-9-21)20-15(22)11-19-16(23)12-4-3-5-13(18)10-12/h3-5,10,14H,2,6-9,11H2,1H3,(H,19,23)(H,20,22). The van der Waals surface area contributed by atoms with E-state index in [9.17, 15) is 14.4 Å². The van der Waals surface area contributed by atoms with Gasteiger partial charge in [-0.1, -0.05) is 22.0 Å². The molecule has 1 saturated heterocycles. The normalized spacial score (nSPS) is 14.7. The number of ether oxygens (including phenoxy) is 1. The number of nitrogens with zero attached hydrogens (tertiary/aromatic N) is 1. The first-order valence-electron chi connectivity index (χ1n) is 8.24. The summed E-state index contributed by atoms with van der Waals surface area (Å²) < 4.78 is 5.77. The second-order valence-corrected chi connectivity index (χ2v) is 6.64. The Morgan fingerprint density at radius 2 is 2.00 bits per heavy atom. The highest BCUT2D eigenvalue weighted by Gasteiger charge is 2.24. The molecule has 3 amide bonds. The van der Waals surface area contributed by atoms with Crippen molar-refractivity contribution in [2.24, 2.45) is 0 Å². The average molecular weight is 412 g/mol. The number of carbonyl (C=O) groups is 3. The number of nitrogens with one attached hydrogen (secondary N) is 2. The van der Waals surface area contributed by atoms with E-state index in [0.29, 0.717) is 38.1 Å². The molecule has 25 heavy (non-hydrogen) atoms. The zero-order chi connectivity index (χ0) is 18.2. The minimum Gasteiger partial charge on any atom is -0.450 e. The van der Waals surface area contributed by atoms with Crippen LogP contribution in [0.5, 0.6) is 0 Å². The van der Waals surface area contributed by atoms with Gasteiger partial charge >= 0.3 is 6.09 Å².